The summed E-state index contributed by atoms with van der Waals surface area (Å²) in [6.45, 7) is 6.13. The Morgan fingerprint density at radius 1 is 1.12 bits per heavy atom. The molecule has 0 aliphatic heterocycles. The van der Waals surface area contributed by atoms with Gasteiger partial charge in [-0.2, -0.15) is 0 Å². The zero-order valence-electron chi connectivity index (χ0n) is 15.4. The molecule has 3 aromatic rings. The number of aryl methyl sites for hydroxylation is 1. The lowest BCUT2D eigenvalue weighted by atomic mass is 10.2. The molecule has 0 amide bonds. The molecule has 3 rings (SSSR count). The molecule has 6 nitrogen and oxygen atoms in total. The van der Waals surface area contributed by atoms with Gasteiger partial charge in [0, 0.05) is 25.0 Å². The van der Waals surface area contributed by atoms with E-state index in [2.05, 4.69) is 15.6 Å². The minimum atomic E-state index is -0.132. The smallest absolute Gasteiger partial charge is 0.305 e. The Morgan fingerprint density at radius 3 is 2.77 bits per heavy atom. The molecule has 0 radical (unpaired) electrons. The van der Waals surface area contributed by atoms with Crippen LogP contribution in [0.2, 0.25) is 0 Å². The molecule has 0 saturated carbocycles. The van der Waals surface area contributed by atoms with Gasteiger partial charge in [-0.25, -0.2) is 4.98 Å². The standard InChI is InChI=1S/C20H25N3O3/c1-3-25-14-18-22-17-13-21-16-10-6-5-9-15(16)20(17)23(18)12-8-7-11-19(24)26-4-2/h5-6,9-10,13H,3-4,7-8,11-12,14H2,1-2H3. The van der Waals surface area contributed by atoms with E-state index in [1.807, 2.05) is 38.2 Å². The van der Waals surface area contributed by atoms with E-state index in [0.29, 0.717) is 26.2 Å². The summed E-state index contributed by atoms with van der Waals surface area (Å²) in [5.74, 6) is 0.767. The fourth-order valence-electron chi connectivity index (χ4n) is 3.13. The molecular formula is C20H25N3O3. The number of benzene rings is 1. The molecule has 1 aromatic carbocycles. The van der Waals surface area contributed by atoms with Gasteiger partial charge in [-0.05, 0) is 32.8 Å². The Balaban J connectivity index is 1.87. The van der Waals surface area contributed by atoms with Crippen LogP contribution in [-0.2, 0) is 27.4 Å². The third kappa shape index (κ3) is 4.02. The molecule has 0 unspecified atom stereocenters. The highest BCUT2D eigenvalue weighted by Crippen LogP contribution is 2.25. The number of hydrogen-bond acceptors (Lipinski definition) is 5. The van der Waals surface area contributed by atoms with Crippen molar-refractivity contribution in [3.8, 4) is 0 Å². The second kappa shape index (κ2) is 8.76. The molecule has 0 bridgehead atoms. The maximum Gasteiger partial charge on any atom is 0.305 e. The van der Waals surface area contributed by atoms with Crippen LogP contribution in [0.5, 0.6) is 0 Å². The number of carbonyl (C=O) groups is 1. The normalized spacial score (nSPS) is 11.3. The summed E-state index contributed by atoms with van der Waals surface area (Å²) in [6.07, 6.45) is 3.93. The summed E-state index contributed by atoms with van der Waals surface area (Å²) >= 11 is 0. The second-order valence-electron chi connectivity index (χ2n) is 6.09. The number of fused-ring (bicyclic) bond motifs is 3. The molecule has 2 heterocycles. The lowest BCUT2D eigenvalue weighted by Crippen LogP contribution is -2.08. The van der Waals surface area contributed by atoms with Crippen LogP contribution in [0.4, 0.5) is 0 Å². The number of pyridine rings is 1. The molecule has 0 aliphatic rings. The number of ether oxygens (including phenoxy) is 2. The lowest BCUT2D eigenvalue weighted by Gasteiger charge is -2.10. The summed E-state index contributed by atoms with van der Waals surface area (Å²) < 4.78 is 12.8. The highest BCUT2D eigenvalue weighted by Gasteiger charge is 2.14. The number of nitrogens with zero attached hydrogens (tertiary/aromatic N) is 3. The predicted octanol–water partition coefficient (Wildman–Crippen LogP) is 3.85. The van der Waals surface area contributed by atoms with Gasteiger partial charge in [0.15, 0.2) is 0 Å². The summed E-state index contributed by atoms with van der Waals surface area (Å²) in [7, 11) is 0. The van der Waals surface area contributed by atoms with E-state index in [-0.39, 0.29) is 5.97 Å². The first-order valence-corrected chi connectivity index (χ1v) is 9.20. The van der Waals surface area contributed by atoms with Crippen LogP contribution in [-0.4, -0.2) is 33.7 Å². The molecule has 0 atom stereocenters. The van der Waals surface area contributed by atoms with E-state index in [4.69, 9.17) is 14.5 Å². The van der Waals surface area contributed by atoms with Crippen LogP contribution in [0.1, 0.15) is 38.9 Å². The first-order valence-electron chi connectivity index (χ1n) is 9.20. The molecule has 0 saturated heterocycles. The minimum Gasteiger partial charge on any atom is -0.466 e. The van der Waals surface area contributed by atoms with E-state index in [1.54, 1.807) is 0 Å². The Bertz CT molecular complexity index is 889. The van der Waals surface area contributed by atoms with Gasteiger partial charge >= 0.3 is 5.97 Å². The SMILES string of the molecule is CCOCc1nc2cnc3ccccc3c2n1CCCCC(=O)OCC. The highest BCUT2D eigenvalue weighted by atomic mass is 16.5. The maximum atomic E-state index is 11.5. The van der Waals surface area contributed by atoms with Gasteiger partial charge < -0.3 is 14.0 Å². The number of esters is 1. The average molecular weight is 355 g/mol. The van der Waals surface area contributed by atoms with Crippen molar-refractivity contribution in [3.05, 3.63) is 36.3 Å². The van der Waals surface area contributed by atoms with Crippen molar-refractivity contribution in [2.75, 3.05) is 13.2 Å². The Morgan fingerprint density at radius 2 is 1.96 bits per heavy atom. The van der Waals surface area contributed by atoms with Crippen molar-refractivity contribution in [3.63, 3.8) is 0 Å². The number of carbonyl (C=O) groups excluding carboxylic acids is 1. The minimum absolute atomic E-state index is 0.132. The molecule has 0 aliphatic carbocycles. The Hall–Kier alpha value is -2.47. The van der Waals surface area contributed by atoms with Crippen LogP contribution in [0, 0.1) is 0 Å². The van der Waals surface area contributed by atoms with Gasteiger partial charge in [0.05, 0.1) is 23.8 Å². The molecular weight excluding hydrogens is 330 g/mol. The van der Waals surface area contributed by atoms with Gasteiger partial charge in [0.1, 0.15) is 17.9 Å². The number of unbranched alkanes of at least 4 members (excludes halogenated alkanes) is 1. The number of rotatable bonds is 9. The van der Waals surface area contributed by atoms with Gasteiger partial charge in [0.25, 0.3) is 0 Å². The lowest BCUT2D eigenvalue weighted by molar-refractivity contribution is -0.143. The number of imidazole rings is 1. The molecule has 0 N–H and O–H groups in total. The van der Waals surface area contributed by atoms with Crippen LogP contribution in [0.3, 0.4) is 0 Å². The zero-order chi connectivity index (χ0) is 18.4. The monoisotopic (exact) mass is 355 g/mol. The van der Waals surface area contributed by atoms with Crippen LogP contribution >= 0.6 is 0 Å². The van der Waals surface area contributed by atoms with E-state index >= 15 is 0 Å². The fourth-order valence-corrected chi connectivity index (χ4v) is 3.13. The topological polar surface area (TPSA) is 66.2 Å². The largest absolute Gasteiger partial charge is 0.466 e. The Labute approximate surface area is 153 Å². The number of hydrogen-bond donors (Lipinski definition) is 0. The van der Waals surface area contributed by atoms with Crippen LogP contribution in [0.25, 0.3) is 21.9 Å². The third-order valence-corrected chi connectivity index (χ3v) is 4.31. The van der Waals surface area contributed by atoms with Gasteiger partial charge in [-0.3, -0.25) is 9.78 Å². The van der Waals surface area contributed by atoms with Crippen molar-refractivity contribution in [2.45, 2.75) is 46.3 Å². The molecule has 0 fully saturated rings. The molecule has 0 spiro atoms. The summed E-state index contributed by atoms with van der Waals surface area (Å²) in [4.78, 5) is 20.8. The van der Waals surface area contributed by atoms with Crippen molar-refractivity contribution in [2.24, 2.45) is 0 Å². The van der Waals surface area contributed by atoms with Gasteiger partial charge in [0.2, 0.25) is 0 Å². The van der Waals surface area contributed by atoms with Gasteiger partial charge in [-0.1, -0.05) is 18.2 Å². The molecule has 6 heteroatoms. The van der Waals surface area contributed by atoms with Crippen LogP contribution < -0.4 is 0 Å². The number of aromatic nitrogens is 3. The predicted molar refractivity (Wildman–Crippen MR) is 101 cm³/mol. The van der Waals surface area contributed by atoms with E-state index in [1.165, 1.54) is 0 Å². The fraction of sp³-hybridized carbons (Fsp3) is 0.450. The van der Waals surface area contributed by atoms with E-state index < -0.39 is 0 Å². The van der Waals surface area contributed by atoms with Crippen molar-refractivity contribution in [1.82, 2.24) is 14.5 Å². The van der Waals surface area contributed by atoms with E-state index in [0.717, 1.165) is 47.1 Å². The second-order valence-corrected chi connectivity index (χ2v) is 6.09. The van der Waals surface area contributed by atoms with E-state index in [9.17, 15) is 4.79 Å². The summed E-state index contributed by atoms with van der Waals surface area (Å²) in [5, 5.41) is 1.09. The maximum absolute atomic E-state index is 11.5. The first kappa shape index (κ1) is 18.3. The third-order valence-electron chi connectivity index (χ3n) is 4.31. The van der Waals surface area contributed by atoms with Crippen LogP contribution in [0.15, 0.2) is 30.5 Å². The zero-order valence-corrected chi connectivity index (χ0v) is 15.4. The summed E-state index contributed by atoms with van der Waals surface area (Å²) in [5.41, 5.74) is 2.92. The molecule has 26 heavy (non-hydrogen) atoms. The Kier molecular flexibility index (Phi) is 6.17. The highest BCUT2D eigenvalue weighted by molar-refractivity contribution is 6.02. The summed E-state index contributed by atoms with van der Waals surface area (Å²) in [6, 6.07) is 8.09. The molecule has 2 aromatic heterocycles. The van der Waals surface area contributed by atoms with Crippen molar-refractivity contribution in [1.29, 1.82) is 0 Å². The van der Waals surface area contributed by atoms with Gasteiger partial charge in [-0.15, -0.1) is 0 Å². The van der Waals surface area contributed by atoms with Crippen molar-refractivity contribution >= 4 is 27.9 Å². The number of para-hydroxylation sites is 1. The van der Waals surface area contributed by atoms with Crippen molar-refractivity contribution < 1.29 is 14.3 Å². The quantitative estimate of drug-likeness (QED) is 0.431. The first-order chi connectivity index (χ1) is 12.7. The molecule has 138 valence electrons. The average Bonchev–Trinajstić information content (AvgIpc) is 3.01.